The van der Waals surface area contributed by atoms with Crippen LogP contribution in [0, 0.1) is 17.8 Å². The molecule has 0 aliphatic carbocycles. The van der Waals surface area contributed by atoms with Crippen LogP contribution in [0.15, 0.2) is 0 Å². The zero-order valence-corrected chi connectivity index (χ0v) is 43.7. The number of carbonyl (C=O) groups excluding carboxylic acids is 2. The lowest BCUT2D eigenvalue weighted by atomic mass is 9.89. The smallest absolute Gasteiger partial charge is 0.293 e. The molecule has 1 heterocycles. The summed E-state index contributed by atoms with van der Waals surface area (Å²) < 4.78 is 4.80. The molecule has 1 unspecified atom stereocenters. The van der Waals surface area contributed by atoms with E-state index in [-0.39, 0.29) is 6.47 Å². The average molecular weight is 899 g/mol. The summed E-state index contributed by atoms with van der Waals surface area (Å²) in [4.78, 5) is 29.2. The molecule has 1 rings (SSSR count). The van der Waals surface area contributed by atoms with Gasteiger partial charge in [0.05, 0.1) is 6.61 Å². The van der Waals surface area contributed by atoms with Crippen molar-refractivity contribution in [3.63, 3.8) is 0 Å². The zero-order valence-electron chi connectivity index (χ0n) is 43.7. The molecule has 0 aromatic rings. The second kappa shape index (κ2) is 64.8. The Balaban J connectivity index is -0.000000627. The van der Waals surface area contributed by atoms with Gasteiger partial charge in [-0.3, -0.25) is 9.59 Å². The van der Waals surface area contributed by atoms with Crippen LogP contribution in [0.3, 0.4) is 0 Å². The maximum Gasteiger partial charge on any atom is 0.293 e. The number of aliphatic hydroxyl groups is 1. The lowest BCUT2D eigenvalue weighted by molar-refractivity contribution is -0.129. The van der Waals surface area contributed by atoms with E-state index in [9.17, 15) is 4.79 Å². The number of carboxylic acid groups (broad SMARTS) is 1. The molecule has 0 radical (unpaired) electrons. The predicted molar refractivity (Wildman–Crippen MR) is 276 cm³/mol. The molecule has 2 N–H and O–H groups in total. The van der Waals surface area contributed by atoms with Gasteiger partial charge in [-0.15, -0.1) is 0 Å². The fourth-order valence-corrected chi connectivity index (χ4v) is 9.42. The summed E-state index contributed by atoms with van der Waals surface area (Å²) >= 11 is 0. The van der Waals surface area contributed by atoms with Gasteiger partial charge in [-0.2, -0.15) is 0 Å². The predicted octanol–water partition coefficient (Wildman–Crippen LogP) is 17.1. The van der Waals surface area contributed by atoms with E-state index in [1.54, 1.807) is 0 Å². The first-order valence-electron chi connectivity index (χ1n) is 27.6. The Morgan fingerprint density at radius 3 is 1.00 bits per heavy atom. The van der Waals surface area contributed by atoms with Crippen molar-refractivity contribution < 1.29 is 29.3 Å². The van der Waals surface area contributed by atoms with Gasteiger partial charge >= 0.3 is 0 Å². The van der Waals surface area contributed by atoms with E-state index in [1.807, 2.05) is 6.79 Å². The minimum Gasteiger partial charge on any atom is -0.483 e. The molecule has 1 saturated heterocycles. The molecule has 1 aliphatic rings. The molecule has 7 nitrogen and oxygen atoms in total. The third-order valence-corrected chi connectivity index (χ3v) is 13.3. The monoisotopic (exact) mass is 898 g/mol. The third kappa shape index (κ3) is 58.5. The van der Waals surface area contributed by atoms with Crippen LogP contribution >= 0.6 is 0 Å². The maximum absolute atomic E-state index is 10.1. The van der Waals surface area contributed by atoms with Crippen molar-refractivity contribution in [3.05, 3.63) is 0 Å². The van der Waals surface area contributed by atoms with E-state index in [0.717, 1.165) is 31.3 Å². The minimum absolute atomic E-state index is 0.250. The highest BCUT2D eigenvalue weighted by molar-refractivity contribution is 5.36. The molecule has 0 saturated carbocycles. The van der Waals surface area contributed by atoms with Gasteiger partial charge in [-0.05, 0) is 69.5 Å². The van der Waals surface area contributed by atoms with E-state index >= 15 is 0 Å². The van der Waals surface area contributed by atoms with Crippen LogP contribution in [-0.2, 0) is 19.1 Å². The van der Waals surface area contributed by atoms with Gasteiger partial charge in [0.1, 0.15) is 6.79 Å². The number of likely N-dealkylation sites (tertiary alicyclic amines) is 1. The van der Waals surface area contributed by atoms with Crippen LogP contribution in [0.4, 0.5) is 0 Å². The molecule has 1 aliphatic heterocycles. The Labute approximate surface area is 395 Å². The van der Waals surface area contributed by atoms with Crippen molar-refractivity contribution in [1.82, 2.24) is 4.90 Å². The van der Waals surface area contributed by atoms with E-state index in [0.29, 0.717) is 13.1 Å². The SMILES string of the molecule is C=O.CCCCCC(CCCCC)CCOC=O.CCCCCCCCCC(CCCCCCCCCCC(CCCCC)CCCCC)CCCN1CCCCC1.CO.O=CO. The molecule has 0 aromatic heterocycles. The molecule has 0 aromatic carbocycles. The Morgan fingerprint density at radius 1 is 0.429 bits per heavy atom. The first-order valence-corrected chi connectivity index (χ1v) is 27.6. The number of piperidine rings is 1. The lowest BCUT2D eigenvalue weighted by Gasteiger charge is -2.27. The number of hydrogen-bond acceptors (Lipinski definition) is 6. The molecule has 1 atom stereocenters. The van der Waals surface area contributed by atoms with Gasteiger partial charge in [0.2, 0.25) is 0 Å². The quantitative estimate of drug-likeness (QED) is 0.0464. The molecule has 0 spiro atoms. The number of ether oxygens (including phenoxy) is 1. The van der Waals surface area contributed by atoms with Crippen LogP contribution in [0.2, 0.25) is 0 Å². The van der Waals surface area contributed by atoms with Crippen molar-refractivity contribution in [2.75, 3.05) is 33.4 Å². The second-order valence-electron chi connectivity index (χ2n) is 18.8. The molecule has 7 heteroatoms. The summed E-state index contributed by atoms with van der Waals surface area (Å²) in [5, 5.41) is 13.9. The molecule has 63 heavy (non-hydrogen) atoms. The van der Waals surface area contributed by atoms with E-state index in [1.165, 1.54) is 270 Å². The molecule has 0 amide bonds. The number of rotatable bonds is 43. The molecule has 1 fully saturated rings. The number of hydrogen-bond donors (Lipinski definition) is 2. The summed E-state index contributed by atoms with van der Waals surface area (Å²) in [5.74, 6) is 2.81. The average Bonchev–Trinajstić information content (AvgIpc) is 3.31. The highest BCUT2D eigenvalue weighted by Gasteiger charge is 2.13. The molecular formula is C56H115NO6. The molecular weight excluding hydrogens is 783 g/mol. The van der Waals surface area contributed by atoms with Gasteiger partial charge in [0, 0.05) is 7.11 Å². The minimum atomic E-state index is -0.250. The van der Waals surface area contributed by atoms with Gasteiger partial charge in [0.25, 0.3) is 12.9 Å². The number of aliphatic hydroxyl groups excluding tert-OH is 1. The lowest BCUT2D eigenvalue weighted by Crippen LogP contribution is -2.30. The Hall–Kier alpha value is -1.47. The topological polar surface area (TPSA) is 104 Å². The van der Waals surface area contributed by atoms with Crippen LogP contribution in [0.1, 0.15) is 291 Å². The summed E-state index contributed by atoms with van der Waals surface area (Å²) in [5.41, 5.74) is 0. The zero-order chi connectivity index (χ0) is 47.5. The Morgan fingerprint density at radius 2 is 0.683 bits per heavy atom. The maximum atomic E-state index is 10.1. The summed E-state index contributed by atoms with van der Waals surface area (Å²) in [6, 6.07) is 0. The first kappa shape index (κ1) is 68.1. The van der Waals surface area contributed by atoms with E-state index in [2.05, 4.69) is 39.5 Å². The fraction of sp³-hybridized carbons (Fsp3) is 0.946. The number of unbranched alkanes of at least 4 members (excludes halogenated alkanes) is 21. The largest absolute Gasteiger partial charge is 0.483 e. The third-order valence-electron chi connectivity index (χ3n) is 13.3. The Bertz CT molecular complexity index is 774. The highest BCUT2D eigenvalue weighted by Crippen LogP contribution is 2.26. The van der Waals surface area contributed by atoms with Crippen molar-refractivity contribution in [2.24, 2.45) is 17.8 Å². The molecule has 0 bridgehead atoms. The van der Waals surface area contributed by atoms with Crippen LogP contribution in [-0.4, -0.2) is 68.2 Å². The standard InChI is InChI=1S/C39H79N.C14H28O2.CH2O2.CH4O.CH2O/c1-4-7-10-11-14-17-24-32-39(34-28-37-40-35-26-20-27-36-40)33-25-19-16-13-12-15-18-23-31-38(29-21-8-5-2)30-22-9-6-3;1-3-5-7-9-14(10-8-6-4-2)11-12-16-13-15;2-1-3;2*1-2/h38-39H,4-37H2,1-3H3;13-14H,3-12H2,1-2H3;1H,(H,2,3);2H,1H3;1H2. The van der Waals surface area contributed by atoms with Crippen molar-refractivity contribution in [2.45, 2.75) is 291 Å². The van der Waals surface area contributed by atoms with Crippen LogP contribution < -0.4 is 0 Å². The van der Waals surface area contributed by atoms with Crippen LogP contribution in [0.5, 0.6) is 0 Å². The first-order chi connectivity index (χ1) is 31.1. The molecule has 380 valence electrons. The number of carbonyl (C=O) groups is 3. The van der Waals surface area contributed by atoms with E-state index < -0.39 is 0 Å². The Kier molecular flexibility index (Phi) is 70.1. The summed E-state index contributed by atoms with van der Waals surface area (Å²) in [7, 11) is 1.00. The van der Waals surface area contributed by atoms with Gasteiger partial charge in [-0.1, -0.05) is 259 Å². The highest BCUT2D eigenvalue weighted by atomic mass is 16.5. The fourth-order valence-electron chi connectivity index (χ4n) is 9.42. The normalized spacial score (nSPS) is 12.8. The summed E-state index contributed by atoms with van der Waals surface area (Å²) in [6.45, 7) is 18.5. The summed E-state index contributed by atoms with van der Waals surface area (Å²) in [6.07, 6.45) is 57.3. The van der Waals surface area contributed by atoms with Crippen LogP contribution in [0.25, 0.3) is 0 Å². The van der Waals surface area contributed by atoms with Crippen molar-refractivity contribution >= 4 is 19.7 Å². The second-order valence-corrected chi connectivity index (χ2v) is 18.8. The van der Waals surface area contributed by atoms with Gasteiger partial charge < -0.3 is 24.6 Å². The van der Waals surface area contributed by atoms with Crippen molar-refractivity contribution in [3.8, 4) is 0 Å². The number of nitrogens with zero attached hydrogens (tertiary/aromatic N) is 1. The van der Waals surface area contributed by atoms with Crippen molar-refractivity contribution in [1.29, 1.82) is 0 Å². The van der Waals surface area contributed by atoms with Gasteiger partial charge in [-0.25, -0.2) is 0 Å². The van der Waals surface area contributed by atoms with E-state index in [4.69, 9.17) is 24.5 Å². The van der Waals surface area contributed by atoms with Gasteiger partial charge in [0.15, 0.2) is 0 Å².